The summed E-state index contributed by atoms with van der Waals surface area (Å²) in [5, 5.41) is 11.2. The first-order valence-corrected chi connectivity index (χ1v) is 6.13. The number of nitrogens with one attached hydrogen (secondary N) is 1. The van der Waals surface area contributed by atoms with Crippen molar-refractivity contribution in [3.05, 3.63) is 34.4 Å². The average Bonchev–Trinajstić information content (AvgIpc) is 2.30. The van der Waals surface area contributed by atoms with E-state index in [2.05, 4.69) is 11.4 Å². The summed E-state index contributed by atoms with van der Waals surface area (Å²) in [6.07, 6.45) is -0.363. The minimum atomic E-state index is -1.08. The molecule has 0 spiro atoms. The zero-order valence-corrected chi connectivity index (χ0v) is 11.5. The Kier molecular flexibility index (Phi) is 5.06. The fraction of sp³-hybridized carbons (Fsp3) is 0.429. The van der Waals surface area contributed by atoms with Crippen LogP contribution in [0.1, 0.15) is 28.7 Å². The van der Waals surface area contributed by atoms with Crippen molar-refractivity contribution in [2.75, 3.05) is 0 Å². The number of rotatable bonds is 5. The Labute approximate surface area is 112 Å². The molecule has 0 saturated carbocycles. The lowest BCUT2D eigenvalue weighted by Crippen LogP contribution is -2.41. The number of hydrogen-bond acceptors (Lipinski definition) is 3. The molecule has 1 aromatic carbocycles. The Bertz CT molecular complexity index is 498. The van der Waals surface area contributed by atoms with Crippen LogP contribution in [0.25, 0.3) is 0 Å². The van der Waals surface area contributed by atoms with E-state index in [4.69, 9.17) is 10.8 Å². The predicted molar refractivity (Wildman–Crippen MR) is 72.7 cm³/mol. The van der Waals surface area contributed by atoms with Gasteiger partial charge in [-0.25, -0.2) is 0 Å². The molecule has 0 aliphatic heterocycles. The highest BCUT2D eigenvalue weighted by Gasteiger charge is 2.16. The largest absolute Gasteiger partial charge is 0.481 e. The van der Waals surface area contributed by atoms with Crippen LogP contribution in [0.4, 0.5) is 0 Å². The number of aryl methyl sites for hydroxylation is 3. The van der Waals surface area contributed by atoms with E-state index >= 15 is 0 Å². The molecule has 5 heteroatoms. The van der Waals surface area contributed by atoms with E-state index in [9.17, 15) is 9.59 Å². The quantitative estimate of drug-likeness (QED) is 0.740. The van der Waals surface area contributed by atoms with Gasteiger partial charge in [-0.2, -0.15) is 0 Å². The van der Waals surface area contributed by atoms with Crippen LogP contribution >= 0.6 is 0 Å². The summed E-state index contributed by atoms with van der Waals surface area (Å²) in [5.74, 6) is -1.52. The molecule has 1 unspecified atom stereocenters. The second kappa shape index (κ2) is 6.33. The van der Waals surface area contributed by atoms with Crippen molar-refractivity contribution in [3.63, 3.8) is 0 Å². The maximum absolute atomic E-state index is 11.6. The molecule has 19 heavy (non-hydrogen) atoms. The van der Waals surface area contributed by atoms with Crippen molar-refractivity contribution in [3.8, 4) is 0 Å². The number of carbonyl (C=O) groups is 2. The van der Waals surface area contributed by atoms with E-state index in [1.807, 2.05) is 26.8 Å². The molecule has 0 aliphatic rings. The van der Waals surface area contributed by atoms with Crippen molar-refractivity contribution < 1.29 is 14.7 Å². The monoisotopic (exact) mass is 264 g/mol. The van der Waals surface area contributed by atoms with Gasteiger partial charge in [0, 0.05) is 6.54 Å². The molecule has 4 N–H and O–H groups in total. The highest BCUT2D eigenvalue weighted by atomic mass is 16.4. The zero-order valence-electron chi connectivity index (χ0n) is 11.5. The number of aliphatic carboxylic acids is 1. The van der Waals surface area contributed by atoms with E-state index in [0.717, 1.165) is 16.7 Å². The number of nitrogens with two attached hydrogens (primary N) is 1. The van der Waals surface area contributed by atoms with Gasteiger partial charge in [0.2, 0.25) is 5.91 Å². The van der Waals surface area contributed by atoms with E-state index in [0.29, 0.717) is 6.54 Å². The smallest absolute Gasteiger partial charge is 0.305 e. The van der Waals surface area contributed by atoms with Crippen molar-refractivity contribution in [1.29, 1.82) is 0 Å². The molecule has 5 nitrogen and oxygen atoms in total. The van der Waals surface area contributed by atoms with Crippen LogP contribution < -0.4 is 11.1 Å². The predicted octanol–water partition coefficient (Wildman–Crippen LogP) is 1.03. The minimum absolute atomic E-state index is 0.360. The number of hydrogen-bond donors (Lipinski definition) is 3. The van der Waals surface area contributed by atoms with E-state index in [1.54, 1.807) is 0 Å². The Morgan fingerprint density at radius 2 is 1.79 bits per heavy atom. The van der Waals surface area contributed by atoms with Crippen LogP contribution in [0, 0.1) is 20.8 Å². The summed E-state index contributed by atoms with van der Waals surface area (Å²) in [6.45, 7) is 6.38. The molecule has 0 aliphatic carbocycles. The van der Waals surface area contributed by atoms with Crippen LogP contribution in [-0.2, 0) is 16.1 Å². The lowest BCUT2D eigenvalue weighted by molar-refractivity contribution is -0.139. The number of benzene rings is 1. The zero-order chi connectivity index (χ0) is 14.6. The number of carbonyl (C=O) groups excluding carboxylic acids is 1. The average molecular weight is 264 g/mol. The molecule has 1 aromatic rings. The molecular weight excluding hydrogens is 244 g/mol. The lowest BCUT2D eigenvalue weighted by atomic mass is 10.0. The van der Waals surface area contributed by atoms with Gasteiger partial charge in [0.25, 0.3) is 0 Å². The van der Waals surface area contributed by atoms with Crippen LogP contribution in [0.5, 0.6) is 0 Å². The number of carboxylic acids is 1. The summed E-state index contributed by atoms with van der Waals surface area (Å²) in [5.41, 5.74) is 9.95. The standard InChI is InChI=1S/C14H20N2O3/c1-8-4-10(3)11(5-9(8)2)7-16-14(19)12(15)6-13(17)18/h4-5,12H,6-7,15H2,1-3H3,(H,16,19)(H,17,18). The summed E-state index contributed by atoms with van der Waals surface area (Å²) in [7, 11) is 0. The summed E-state index contributed by atoms with van der Waals surface area (Å²) < 4.78 is 0. The topological polar surface area (TPSA) is 92.4 Å². The number of amides is 1. The van der Waals surface area contributed by atoms with Gasteiger partial charge >= 0.3 is 5.97 Å². The molecule has 0 bridgehead atoms. The second-order valence-corrected chi connectivity index (χ2v) is 4.79. The third-order valence-electron chi connectivity index (χ3n) is 3.14. The van der Waals surface area contributed by atoms with Crippen molar-refractivity contribution in [2.24, 2.45) is 5.73 Å². The minimum Gasteiger partial charge on any atom is -0.481 e. The van der Waals surface area contributed by atoms with Crippen LogP contribution in [0.3, 0.4) is 0 Å². The van der Waals surface area contributed by atoms with E-state index in [1.165, 1.54) is 5.56 Å². The molecule has 1 atom stereocenters. The molecule has 0 heterocycles. The van der Waals surface area contributed by atoms with Gasteiger partial charge in [0.05, 0.1) is 12.5 Å². The van der Waals surface area contributed by atoms with Crippen molar-refractivity contribution >= 4 is 11.9 Å². The molecule has 0 radical (unpaired) electrons. The van der Waals surface area contributed by atoms with Gasteiger partial charge in [0.1, 0.15) is 0 Å². The highest BCUT2D eigenvalue weighted by Crippen LogP contribution is 2.15. The lowest BCUT2D eigenvalue weighted by Gasteiger charge is -2.13. The first-order chi connectivity index (χ1) is 8.81. The summed E-state index contributed by atoms with van der Waals surface area (Å²) >= 11 is 0. The molecular formula is C14H20N2O3. The van der Waals surface area contributed by atoms with Crippen LogP contribution in [0.2, 0.25) is 0 Å². The number of carboxylic acid groups (broad SMARTS) is 1. The third-order valence-corrected chi connectivity index (χ3v) is 3.14. The fourth-order valence-corrected chi connectivity index (χ4v) is 1.81. The highest BCUT2D eigenvalue weighted by molar-refractivity contribution is 5.85. The maximum Gasteiger partial charge on any atom is 0.305 e. The Morgan fingerprint density at radius 3 is 2.37 bits per heavy atom. The summed E-state index contributed by atoms with van der Waals surface area (Å²) in [6, 6.07) is 3.08. The van der Waals surface area contributed by atoms with Gasteiger partial charge in [-0.1, -0.05) is 12.1 Å². The molecule has 0 saturated heterocycles. The first-order valence-electron chi connectivity index (χ1n) is 6.13. The second-order valence-electron chi connectivity index (χ2n) is 4.79. The van der Waals surface area contributed by atoms with Gasteiger partial charge in [-0.15, -0.1) is 0 Å². The molecule has 0 aromatic heterocycles. The van der Waals surface area contributed by atoms with Crippen molar-refractivity contribution in [1.82, 2.24) is 5.32 Å². The van der Waals surface area contributed by atoms with E-state index in [-0.39, 0.29) is 6.42 Å². The van der Waals surface area contributed by atoms with Gasteiger partial charge in [0.15, 0.2) is 0 Å². The third kappa shape index (κ3) is 4.37. The SMILES string of the molecule is Cc1cc(C)c(CNC(=O)C(N)CC(=O)O)cc1C. The van der Waals surface area contributed by atoms with Crippen molar-refractivity contribution in [2.45, 2.75) is 39.8 Å². The molecule has 1 amide bonds. The van der Waals surface area contributed by atoms with Gasteiger partial charge in [-0.05, 0) is 43.0 Å². The Morgan fingerprint density at radius 1 is 1.21 bits per heavy atom. The van der Waals surface area contributed by atoms with E-state index < -0.39 is 17.9 Å². The maximum atomic E-state index is 11.6. The Balaban J connectivity index is 2.64. The van der Waals surface area contributed by atoms with Crippen LogP contribution in [-0.4, -0.2) is 23.0 Å². The van der Waals surface area contributed by atoms with Crippen LogP contribution in [0.15, 0.2) is 12.1 Å². The molecule has 0 fully saturated rings. The van der Waals surface area contributed by atoms with Gasteiger partial charge in [-0.3, -0.25) is 9.59 Å². The summed E-state index contributed by atoms with van der Waals surface area (Å²) in [4.78, 5) is 22.1. The first kappa shape index (κ1) is 15.2. The molecule has 1 rings (SSSR count). The normalized spacial score (nSPS) is 12.0. The van der Waals surface area contributed by atoms with Gasteiger partial charge < -0.3 is 16.2 Å². The fourth-order valence-electron chi connectivity index (χ4n) is 1.81. The molecule has 104 valence electrons. The Hall–Kier alpha value is -1.88.